The summed E-state index contributed by atoms with van der Waals surface area (Å²) in [7, 11) is -4.07. The van der Waals surface area contributed by atoms with Crippen LogP contribution in [0.1, 0.15) is 32.2 Å². The number of pyridine rings is 1. The van der Waals surface area contributed by atoms with Crippen molar-refractivity contribution < 1.29 is 17.5 Å². The van der Waals surface area contributed by atoms with E-state index in [4.69, 9.17) is 0 Å². The monoisotopic (exact) mass is 243 g/mol. The van der Waals surface area contributed by atoms with Gasteiger partial charge in [-0.3, -0.25) is 0 Å². The van der Waals surface area contributed by atoms with Gasteiger partial charge in [-0.1, -0.05) is 13.0 Å². The van der Waals surface area contributed by atoms with Gasteiger partial charge < -0.3 is 4.55 Å². The van der Waals surface area contributed by atoms with E-state index in [2.05, 4.69) is 11.5 Å². The molecular formula is C11H17NO3S. The van der Waals surface area contributed by atoms with Gasteiger partial charge in [-0.05, 0) is 6.42 Å². The molecule has 0 fully saturated rings. The molecule has 0 aliphatic carbocycles. The molecule has 5 heteroatoms. The summed E-state index contributed by atoms with van der Waals surface area (Å²) in [5.74, 6) is -0.267. The molecule has 0 aliphatic rings. The first kappa shape index (κ1) is 13.1. The standard InChI is InChI=1S/C11H17NO3S/c1-2-11(7-6-10-16(13,14)15)12-8-4-3-5-9-12/h3-5,8-9,11H,2,6-7,10H2,1H3. The highest BCUT2D eigenvalue weighted by atomic mass is 32.2. The smallest absolute Gasteiger partial charge is 0.169 e. The molecule has 0 aromatic carbocycles. The van der Waals surface area contributed by atoms with Crippen LogP contribution in [0.25, 0.3) is 0 Å². The summed E-state index contributed by atoms with van der Waals surface area (Å²) in [5.41, 5.74) is 0. The molecule has 90 valence electrons. The fourth-order valence-corrected chi connectivity index (χ4v) is 2.24. The molecule has 0 bridgehead atoms. The molecule has 1 aromatic rings. The topological polar surface area (TPSA) is 61.1 Å². The van der Waals surface area contributed by atoms with Crippen molar-refractivity contribution in [3.05, 3.63) is 30.6 Å². The van der Waals surface area contributed by atoms with Crippen LogP contribution in [0.15, 0.2) is 30.6 Å². The van der Waals surface area contributed by atoms with E-state index in [1.54, 1.807) is 0 Å². The molecular weight excluding hydrogens is 226 g/mol. The predicted octanol–water partition coefficient (Wildman–Crippen LogP) is 1.25. The van der Waals surface area contributed by atoms with E-state index < -0.39 is 10.1 Å². The second-order valence-corrected chi connectivity index (χ2v) is 5.31. The third-order valence-electron chi connectivity index (χ3n) is 2.56. The van der Waals surface area contributed by atoms with Crippen molar-refractivity contribution in [2.24, 2.45) is 0 Å². The fraction of sp³-hybridized carbons (Fsp3) is 0.545. The Balaban J connectivity index is 2.51. The molecule has 1 unspecified atom stereocenters. The zero-order valence-electron chi connectivity index (χ0n) is 9.37. The summed E-state index contributed by atoms with van der Waals surface area (Å²) in [6.45, 7) is 2.05. The predicted molar refractivity (Wildman–Crippen MR) is 59.8 cm³/mol. The van der Waals surface area contributed by atoms with E-state index in [0.29, 0.717) is 12.8 Å². The van der Waals surface area contributed by atoms with Crippen LogP contribution in [0.5, 0.6) is 0 Å². The minimum atomic E-state index is -4.07. The molecule has 4 nitrogen and oxygen atoms in total. The van der Waals surface area contributed by atoms with Gasteiger partial charge in [0, 0.05) is 30.7 Å². The highest BCUT2D eigenvalue weighted by Crippen LogP contribution is 2.11. The Kier molecular flexibility index (Phi) is 4.89. The maximum absolute atomic E-state index is 10.5. The molecule has 0 aliphatic heterocycles. The lowest BCUT2D eigenvalue weighted by atomic mass is 10.1. The summed E-state index contributed by atoms with van der Waals surface area (Å²) >= 11 is 0. The number of hydrogen-bond acceptors (Lipinski definition) is 3. The van der Waals surface area contributed by atoms with Crippen LogP contribution in [-0.4, -0.2) is 18.7 Å². The Morgan fingerprint density at radius 2 is 1.88 bits per heavy atom. The summed E-state index contributed by atoms with van der Waals surface area (Å²) in [6.07, 6.45) is 5.98. The largest absolute Gasteiger partial charge is 0.748 e. The highest BCUT2D eigenvalue weighted by molar-refractivity contribution is 7.85. The van der Waals surface area contributed by atoms with Crippen molar-refractivity contribution in [1.82, 2.24) is 0 Å². The molecule has 16 heavy (non-hydrogen) atoms. The molecule has 0 saturated carbocycles. The SMILES string of the molecule is CCC(CCCS(=O)(=O)[O-])[n+]1ccccc1. The Morgan fingerprint density at radius 3 is 2.38 bits per heavy atom. The molecule has 0 amide bonds. The molecule has 0 radical (unpaired) electrons. The van der Waals surface area contributed by atoms with E-state index in [0.717, 1.165) is 6.42 Å². The molecule has 1 atom stereocenters. The number of rotatable bonds is 6. The first-order chi connectivity index (χ1) is 7.53. The van der Waals surface area contributed by atoms with Crippen LogP contribution in [0, 0.1) is 0 Å². The number of hydrogen-bond donors (Lipinski definition) is 0. The Bertz CT molecular complexity index is 402. The van der Waals surface area contributed by atoms with Crippen molar-refractivity contribution in [1.29, 1.82) is 0 Å². The van der Waals surface area contributed by atoms with Crippen LogP contribution in [0.3, 0.4) is 0 Å². The summed E-state index contributed by atoms with van der Waals surface area (Å²) < 4.78 is 33.5. The van der Waals surface area contributed by atoms with Gasteiger partial charge in [0.15, 0.2) is 18.4 Å². The van der Waals surface area contributed by atoms with E-state index >= 15 is 0 Å². The number of nitrogens with zero attached hydrogens (tertiary/aromatic N) is 1. The molecule has 1 rings (SSSR count). The summed E-state index contributed by atoms with van der Waals surface area (Å²) in [5, 5.41) is 0. The van der Waals surface area contributed by atoms with Crippen molar-refractivity contribution >= 4 is 10.1 Å². The Hall–Kier alpha value is -0.940. The van der Waals surface area contributed by atoms with Gasteiger partial charge in [-0.2, -0.15) is 0 Å². The van der Waals surface area contributed by atoms with Gasteiger partial charge in [0.25, 0.3) is 0 Å². The van der Waals surface area contributed by atoms with Gasteiger partial charge in [0.05, 0.1) is 10.1 Å². The maximum atomic E-state index is 10.5. The molecule has 1 aromatic heterocycles. The fourth-order valence-electron chi connectivity index (χ4n) is 1.72. The maximum Gasteiger partial charge on any atom is 0.169 e. The van der Waals surface area contributed by atoms with Gasteiger partial charge >= 0.3 is 0 Å². The third kappa shape index (κ3) is 4.72. The molecule has 0 spiro atoms. The Labute approximate surface area is 96.7 Å². The first-order valence-corrected chi connectivity index (χ1v) is 7.00. The van der Waals surface area contributed by atoms with E-state index in [1.807, 2.05) is 30.6 Å². The summed E-state index contributed by atoms with van der Waals surface area (Å²) in [4.78, 5) is 0. The zero-order valence-corrected chi connectivity index (χ0v) is 10.2. The van der Waals surface area contributed by atoms with Gasteiger partial charge in [-0.15, -0.1) is 0 Å². The minimum absolute atomic E-state index is 0.267. The van der Waals surface area contributed by atoms with Crippen LogP contribution in [0.4, 0.5) is 0 Å². The van der Waals surface area contributed by atoms with Crippen molar-refractivity contribution in [3.8, 4) is 0 Å². The average Bonchev–Trinajstić information content (AvgIpc) is 2.24. The number of aromatic nitrogens is 1. The van der Waals surface area contributed by atoms with Crippen molar-refractivity contribution in [2.75, 3.05) is 5.75 Å². The lowest BCUT2D eigenvalue weighted by molar-refractivity contribution is -0.724. The quantitative estimate of drug-likeness (QED) is 0.558. The lowest BCUT2D eigenvalue weighted by Gasteiger charge is -2.11. The van der Waals surface area contributed by atoms with Crippen LogP contribution < -0.4 is 4.57 Å². The van der Waals surface area contributed by atoms with E-state index in [1.165, 1.54) is 0 Å². The van der Waals surface area contributed by atoms with Crippen LogP contribution in [-0.2, 0) is 10.1 Å². The lowest BCUT2D eigenvalue weighted by Crippen LogP contribution is -2.38. The van der Waals surface area contributed by atoms with Gasteiger partial charge in [0.2, 0.25) is 0 Å². The summed E-state index contributed by atoms with van der Waals surface area (Å²) in [6, 6.07) is 6.08. The van der Waals surface area contributed by atoms with E-state index in [-0.39, 0.29) is 11.8 Å². The van der Waals surface area contributed by atoms with Crippen molar-refractivity contribution in [3.63, 3.8) is 0 Å². The minimum Gasteiger partial charge on any atom is -0.748 e. The second-order valence-electron chi connectivity index (χ2n) is 3.79. The van der Waals surface area contributed by atoms with Crippen LogP contribution >= 0.6 is 0 Å². The zero-order chi connectivity index (χ0) is 12.0. The first-order valence-electron chi connectivity index (χ1n) is 5.42. The second kappa shape index (κ2) is 5.96. The average molecular weight is 243 g/mol. The van der Waals surface area contributed by atoms with Crippen molar-refractivity contribution in [2.45, 2.75) is 32.2 Å². The molecule has 0 N–H and O–H groups in total. The van der Waals surface area contributed by atoms with Gasteiger partial charge in [-0.25, -0.2) is 13.0 Å². The molecule has 0 saturated heterocycles. The van der Waals surface area contributed by atoms with E-state index in [9.17, 15) is 13.0 Å². The Morgan fingerprint density at radius 1 is 1.25 bits per heavy atom. The normalized spacial score (nSPS) is 13.6. The highest BCUT2D eigenvalue weighted by Gasteiger charge is 2.15. The molecule has 1 heterocycles. The van der Waals surface area contributed by atoms with Gasteiger partial charge in [0.1, 0.15) is 0 Å². The van der Waals surface area contributed by atoms with Crippen LogP contribution in [0.2, 0.25) is 0 Å². The third-order valence-corrected chi connectivity index (χ3v) is 3.35.